The Kier molecular flexibility index (Phi) is 5.27. The van der Waals surface area contributed by atoms with Gasteiger partial charge in [-0.05, 0) is 31.4 Å². The molecule has 0 bridgehead atoms. The molecule has 3 amide bonds. The van der Waals surface area contributed by atoms with Gasteiger partial charge >= 0.3 is 0 Å². The van der Waals surface area contributed by atoms with Crippen molar-refractivity contribution in [2.45, 2.75) is 70.1 Å². The summed E-state index contributed by atoms with van der Waals surface area (Å²) in [5.74, 6) is -0.885. The lowest BCUT2D eigenvalue weighted by Crippen LogP contribution is -2.52. The highest BCUT2D eigenvalue weighted by Crippen LogP contribution is 2.31. The highest BCUT2D eigenvalue weighted by atomic mass is 16.2. The summed E-state index contributed by atoms with van der Waals surface area (Å²) in [5, 5.41) is 14.5. The molecule has 2 fully saturated rings. The number of hydrogen-bond acceptors (Lipinski definition) is 6. The van der Waals surface area contributed by atoms with Gasteiger partial charge in [0, 0.05) is 36.7 Å². The van der Waals surface area contributed by atoms with Gasteiger partial charge in [-0.1, -0.05) is 30.5 Å². The number of carbonyl (C=O) groups is 3. The molecule has 2 aromatic rings. The Morgan fingerprint density at radius 3 is 2.74 bits per heavy atom. The van der Waals surface area contributed by atoms with Crippen LogP contribution in [0, 0.1) is 0 Å². The molecule has 9 nitrogen and oxygen atoms in total. The van der Waals surface area contributed by atoms with E-state index in [1.54, 1.807) is 15.6 Å². The summed E-state index contributed by atoms with van der Waals surface area (Å²) >= 11 is 0. The first-order valence-electron chi connectivity index (χ1n) is 11.0. The molecule has 2 N–H and O–H groups in total. The first-order valence-corrected chi connectivity index (χ1v) is 11.0. The van der Waals surface area contributed by atoms with Crippen molar-refractivity contribution in [1.29, 1.82) is 0 Å². The van der Waals surface area contributed by atoms with Gasteiger partial charge in [-0.2, -0.15) is 0 Å². The number of benzene rings is 1. The molecule has 9 heteroatoms. The monoisotopic (exact) mass is 422 g/mol. The molecule has 0 spiro atoms. The van der Waals surface area contributed by atoms with Gasteiger partial charge in [0.25, 0.3) is 5.91 Å². The van der Waals surface area contributed by atoms with Crippen molar-refractivity contribution in [1.82, 2.24) is 30.5 Å². The van der Waals surface area contributed by atoms with E-state index in [2.05, 4.69) is 20.9 Å². The molecule has 1 saturated heterocycles. The number of nitrogens with one attached hydrogen (secondary N) is 2. The Morgan fingerprint density at radius 2 is 1.94 bits per heavy atom. The van der Waals surface area contributed by atoms with Gasteiger partial charge in [0.1, 0.15) is 6.04 Å². The number of aromatic nitrogens is 3. The first kappa shape index (κ1) is 19.9. The number of carbonyl (C=O) groups excluding carboxylic acids is 3. The van der Waals surface area contributed by atoms with Crippen molar-refractivity contribution < 1.29 is 14.4 Å². The van der Waals surface area contributed by atoms with Gasteiger partial charge < -0.3 is 10.2 Å². The molecule has 162 valence electrons. The molecule has 1 atom stereocenters. The van der Waals surface area contributed by atoms with Gasteiger partial charge in [-0.25, -0.2) is 4.68 Å². The zero-order valence-corrected chi connectivity index (χ0v) is 17.3. The third kappa shape index (κ3) is 3.85. The fourth-order valence-electron chi connectivity index (χ4n) is 4.84. The van der Waals surface area contributed by atoms with E-state index in [9.17, 15) is 14.4 Å². The standard InChI is InChI=1S/C22H26N6O3/c29-20-10-9-19(21(30)24-20)27-13-17-16(22(27)31)7-4-8-18(17)28-12-15(25-26-28)11-23-14-5-2-1-3-6-14/h4,7-8,12,14,19,23H,1-3,5-6,9-11,13H2,(H,24,29,30). The summed E-state index contributed by atoms with van der Waals surface area (Å²) in [4.78, 5) is 38.3. The number of piperidine rings is 1. The first-order chi connectivity index (χ1) is 15.1. The third-order valence-corrected chi connectivity index (χ3v) is 6.52. The van der Waals surface area contributed by atoms with Crippen molar-refractivity contribution in [3.63, 3.8) is 0 Å². The van der Waals surface area contributed by atoms with Crippen LogP contribution in [0.2, 0.25) is 0 Å². The van der Waals surface area contributed by atoms with Crippen LogP contribution in [0.1, 0.15) is 66.6 Å². The van der Waals surface area contributed by atoms with Crippen LogP contribution in [0.25, 0.3) is 5.69 Å². The number of amides is 3. The van der Waals surface area contributed by atoms with Crippen LogP contribution in [-0.4, -0.2) is 49.7 Å². The summed E-state index contributed by atoms with van der Waals surface area (Å²) in [5.41, 5.74) is 3.04. The Hall–Kier alpha value is -3.07. The fraction of sp³-hybridized carbons (Fsp3) is 0.500. The summed E-state index contributed by atoms with van der Waals surface area (Å²) in [6.07, 6.45) is 8.77. The molecule has 31 heavy (non-hydrogen) atoms. The van der Waals surface area contributed by atoms with E-state index in [0.29, 0.717) is 31.1 Å². The molecule has 0 radical (unpaired) electrons. The largest absolute Gasteiger partial charge is 0.322 e. The number of imide groups is 1. The van der Waals surface area contributed by atoms with Crippen LogP contribution in [-0.2, 0) is 22.7 Å². The Morgan fingerprint density at radius 1 is 1.10 bits per heavy atom. The average molecular weight is 422 g/mol. The zero-order valence-electron chi connectivity index (χ0n) is 17.3. The quantitative estimate of drug-likeness (QED) is 0.706. The summed E-state index contributed by atoms with van der Waals surface area (Å²) in [7, 11) is 0. The van der Waals surface area contributed by atoms with E-state index in [1.807, 2.05) is 18.3 Å². The van der Waals surface area contributed by atoms with Gasteiger partial charge in [-0.15, -0.1) is 5.10 Å². The van der Waals surface area contributed by atoms with E-state index < -0.39 is 11.9 Å². The lowest BCUT2D eigenvalue weighted by atomic mass is 9.95. The molecular formula is C22H26N6O3. The van der Waals surface area contributed by atoms with Crippen LogP contribution in [0.15, 0.2) is 24.4 Å². The predicted molar refractivity (Wildman–Crippen MR) is 111 cm³/mol. The molecule has 3 heterocycles. The van der Waals surface area contributed by atoms with Gasteiger partial charge in [0.2, 0.25) is 11.8 Å². The predicted octanol–water partition coefficient (Wildman–Crippen LogP) is 1.45. The van der Waals surface area contributed by atoms with Crippen molar-refractivity contribution >= 4 is 17.7 Å². The lowest BCUT2D eigenvalue weighted by Gasteiger charge is -2.29. The van der Waals surface area contributed by atoms with Crippen LogP contribution >= 0.6 is 0 Å². The molecule has 2 aliphatic heterocycles. The minimum atomic E-state index is -0.628. The summed E-state index contributed by atoms with van der Waals surface area (Å²) in [6, 6.07) is 5.42. The SMILES string of the molecule is O=C1CCC(N2Cc3c(cccc3-n3cc(CNC4CCCCC4)nn3)C2=O)C(=O)N1. The van der Waals surface area contributed by atoms with Gasteiger partial charge in [0.15, 0.2) is 0 Å². The lowest BCUT2D eigenvalue weighted by molar-refractivity contribution is -0.136. The maximum absolute atomic E-state index is 13.0. The minimum absolute atomic E-state index is 0.189. The maximum Gasteiger partial charge on any atom is 0.255 e. The van der Waals surface area contributed by atoms with Crippen LogP contribution in [0.4, 0.5) is 0 Å². The third-order valence-electron chi connectivity index (χ3n) is 6.52. The molecule has 1 aliphatic carbocycles. The molecule has 1 unspecified atom stereocenters. The van der Waals surface area contributed by atoms with Gasteiger partial charge in [0.05, 0.1) is 17.6 Å². The van der Waals surface area contributed by atoms with E-state index in [1.165, 1.54) is 32.1 Å². The van der Waals surface area contributed by atoms with Crippen molar-refractivity contribution in [2.24, 2.45) is 0 Å². The summed E-state index contributed by atoms with van der Waals surface area (Å²) < 4.78 is 1.71. The number of rotatable bonds is 5. The molecule has 1 saturated carbocycles. The second kappa shape index (κ2) is 8.22. The highest BCUT2D eigenvalue weighted by molar-refractivity contribution is 6.05. The molecule has 1 aromatic carbocycles. The van der Waals surface area contributed by atoms with E-state index in [4.69, 9.17) is 0 Å². The minimum Gasteiger partial charge on any atom is -0.322 e. The van der Waals surface area contributed by atoms with Crippen molar-refractivity contribution in [2.75, 3.05) is 0 Å². The normalized spacial score (nSPS) is 22.0. The summed E-state index contributed by atoms with van der Waals surface area (Å²) in [6.45, 7) is 0.979. The van der Waals surface area contributed by atoms with Gasteiger partial charge in [-0.3, -0.25) is 19.7 Å². The topological polar surface area (TPSA) is 109 Å². The van der Waals surface area contributed by atoms with E-state index in [-0.39, 0.29) is 18.2 Å². The van der Waals surface area contributed by atoms with Crippen LogP contribution in [0.3, 0.4) is 0 Å². The van der Waals surface area contributed by atoms with Crippen molar-refractivity contribution in [3.05, 3.63) is 41.2 Å². The maximum atomic E-state index is 13.0. The second-order valence-corrected chi connectivity index (χ2v) is 8.57. The zero-order chi connectivity index (χ0) is 21.4. The molecule has 5 rings (SSSR count). The Balaban J connectivity index is 1.33. The average Bonchev–Trinajstić information content (AvgIpc) is 3.38. The van der Waals surface area contributed by atoms with Crippen molar-refractivity contribution in [3.8, 4) is 5.69 Å². The number of nitrogens with zero attached hydrogens (tertiary/aromatic N) is 4. The fourth-order valence-corrected chi connectivity index (χ4v) is 4.84. The van der Waals surface area contributed by atoms with E-state index in [0.717, 1.165) is 16.9 Å². The second-order valence-electron chi connectivity index (χ2n) is 8.57. The molecule has 3 aliphatic rings. The number of fused-ring (bicyclic) bond motifs is 1. The van der Waals surface area contributed by atoms with Crippen LogP contribution < -0.4 is 10.6 Å². The van der Waals surface area contributed by atoms with Crippen LogP contribution in [0.5, 0.6) is 0 Å². The smallest absolute Gasteiger partial charge is 0.255 e. The molecular weight excluding hydrogens is 396 g/mol. The highest BCUT2D eigenvalue weighted by Gasteiger charge is 2.40. The molecule has 1 aromatic heterocycles. The van der Waals surface area contributed by atoms with E-state index >= 15 is 0 Å². The Bertz CT molecular complexity index is 1030. The Labute approximate surface area is 180 Å². The number of hydrogen-bond donors (Lipinski definition) is 2.